The zero-order valence-corrected chi connectivity index (χ0v) is 19.8. The van der Waals surface area contributed by atoms with E-state index in [9.17, 15) is 14.0 Å². The van der Waals surface area contributed by atoms with Crippen molar-refractivity contribution in [1.82, 2.24) is 10.2 Å². The molecule has 0 radical (unpaired) electrons. The van der Waals surface area contributed by atoms with Crippen LogP contribution in [0.25, 0.3) is 0 Å². The molecule has 2 aromatic rings. The summed E-state index contributed by atoms with van der Waals surface area (Å²) in [5, 5.41) is 3.58. The highest BCUT2D eigenvalue weighted by molar-refractivity contribution is 7.99. The first kappa shape index (κ1) is 25.2. The van der Waals surface area contributed by atoms with Gasteiger partial charge in [-0.05, 0) is 47.7 Å². The Bertz CT molecular complexity index is 844. The molecule has 0 aliphatic heterocycles. The van der Waals surface area contributed by atoms with Crippen molar-refractivity contribution < 1.29 is 14.0 Å². The molecule has 4 nitrogen and oxygen atoms in total. The Labute approximate surface area is 193 Å². The third kappa shape index (κ3) is 8.54. The van der Waals surface area contributed by atoms with Gasteiger partial charge >= 0.3 is 0 Å². The van der Waals surface area contributed by atoms with Crippen molar-refractivity contribution in [2.24, 2.45) is 5.92 Å². The van der Waals surface area contributed by atoms with Gasteiger partial charge in [0.1, 0.15) is 11.9 Å². The zero-order chi connectivity index (χ0) is 22.8. The van der Waals surface area contributed by atoms with Gasteiger partial charge in [0.25, 0.3) is 0 Å². The smallest absolute Gasteiger partial charge is 0.242 e. The minimum absolute atomic E-state index is 0.103. The van der Waals surface area contributed by atoms with Gasteiger partial charge in [-0.3, -0.25) is 9.59 Å². The fourth-order valence-corrected chi connectivity index (χ4v) is 4.04. The molecule has 2 aromatic carbocycles. The standard InChI is InChI=1S/C24H30ClFN2O2S/c1-4-22(24(30)27-13-17(2)3)28(14-18-5-9-20(25)10-6-18)23(29)16-31-15-19-7-11-21(26)12-8-19/h5-12,17,22H,4,13-16H2,1-3H3,(H,27,30). The van der Waals surface area contributed by atoms with E-state index in [1.54, 1.807) is 29.2 Å². The number of carbonyl (C=O) groups excluding carboxylic acids is 2. The Balaban J connectivity index is 2.10. The van der Waals surface area contributed by atoms with Crippen LogP contribution in [0.2, 0.25) is 5.02 Å². The number of nitrogens with zero attached hydrogens (tertiary/aromatic N) is 1. The summed E-state index contributed by atoms with van der Waals surface area (Å²) in [6.45, 7) is 6.87. The Morgan fingerprint density at radius 1 is 1.06 bits per heavy atom. The van der Waals surface area contributed by atoms with E-state index in [1.165, 1.54) is 23.9 Å². The van der Waals surface area contributed by atoms with E-state index in [2.05, 4.69) is 5.32 Å². The van der Waals surface area contributed by atoms with E-state index in [0.717, 1.165) is 11.1 Å². The van der Waals surface area contributed by atoms with Crippen molar-refractivity contribution in [1.29, 1.82) is 0 Å². The highest BCUT2D eigenvalue weighted by Gasteiger charge is 2.28. The molecular weight excluding hydrogens is 435 g/mol. The number of thioether (sulfide) groups is 1. The first-order valence-corrected chi connectivity index (χ1v) is 12.0. The van der Waals surface area contributed by atoms with Crippen LogP contribution in [0.4, 0.5) is 4.39 Å². The molecule has 0 bridgehead atoms. The van der Waals surface area contributed by atoms with Crippen LogP contribution in [0.3, 0.4) is 0 Å². The highest BCUT2D eigenvalue weighted by Crippen LogP contribution is 2.19. The highest BCUT2D eigenvalue weighted by atomic mass is 35.5. The molecule has 0 saturated carbocycles. The average molecular weight is 465 g/mol. The van der Waals surface area contributed by atoms with Gasteiger partial charge in [0.05, 0.1) is 5.75 Å². The minimum atomic E-state index is -0.548. The Kier molecular flexibility index (Phi) is 10.3. The fraction of sp³-hybridized carbons (Fsp3) is 0.417. The zero-order valence-electron chi connectivity index (χ0n) is 18.2. The van der Waals surface area contributed by atoms with Gasteiger partial charge in [-0.25, -0.2) is 4.39 Å². The van der Waals surface area contributed by atoms with Crippen LogP contribution < -0.4 is 5.32 Å². The maximum absolute atomic E-state index is 13.1. The number of hydrogen-bond donors (Lipinski definition) is 1. The second-order valence-corrected chi connectivity index (χ2v) is 9.25. The quantitative estimate of drug-likeness (QED) is 0.491. The molecule has 0 fully saturated rings. The van der Waals surface area contributed by atoms with Gasteiger partial charge in [-0.2, -0.15) is 0 Å². The largest absolute Gasteiger partial charge is 0.354 e. The second-order valence-electron chi connectivity index (χ2n) is 7.83. The average Bonchev–Trinajstić information content (AvgIpc) is 2.74. The van der Waals surface area contributed by atoms with Crippen LogP contribution in [0.5, 0.6) is 0 Å². The molecule has 31 heavy (non-hydrogen) atoms. The topological polar surface area (TPSA) is 49.4 Å². The van der Waals surface area contributed by atoms with Gasteiger partial charge in [0.2, 0.25) is 11.8 Å². The van der Waals surface area contributed by atoms with Crippen molar-refractivity contribution >= 4 is 35.2 Å². The van der Waals surface area contributed by atoms with Gasteiger partial charge in [-0.15, -0.1) is 11.8 Å². The van der Waals surface area contributed by atoms with Crippen molar-refractivity contribution in [2.75, 3.05) is 12.3 Å². The Morgan fingerprint density at radius 2 is 1.68 bits per heavy atom. The summed E-state index contributed by atoms with van der Waals surface area (Å²) in [6.07, 6.45) is 0.520. The lowest BCUT2D eigenvalue weighted by atomic mass is 10.1. The summed E-state index contributed by atoms with van der Waals surface area (Å²) in [5.74, 6) is 0.636. The molecule has 0 heterocycles. The summed E-state index contributed by atoms with van der Waals surface area (Å²) in [5.41, 5.74) is 1.86. The molecule has 0 spiro atoms. The first-order chi connectivity index (χ1) is 14.8. The summed E-state index contributed by atoms with van der Waals surface area (Å²) in [4.78, 5) is 27.6. The van der Waals surface area contributed by atoms with E-state index in [0.29, 0.717) is 36.2 Å². The Morgan fingerprint density at radius 3 is 2.26 bits per heavy atom. The third-order valence-corrected chi connectivity index (χ3v) is 5.98. The molecule has 0 aromatic heterocycles. The number of rotatable bonds is 11. The first-order valence-electron chi connectivity index (χ1n) is 10.4. The van der Waals surface area contributed by atoms with Crippen LogP contribution >= 0.6 is 23.4 Å². The molecule has 1 unspecified atom stereocenters. The Hall–Kier alpha value is -2.05. The third-order valence-electron chi connectivity index (χ3n) is 4.74. The predicted octanol–water partition coefficient (Wildman–Crippen LogP) is 5.29. The fourth-order valence-electron chi connectivity index (χ4n) is 3.05. The van der Waals surface area contributed by atoms with Crippen LogP contribution in [-0.2, 0) is 21.9 Å². The predicted molar refractivity (Wildman–Crippen MR) is 126 cm³/mol. The van der Waals surface area contributed by atoms with E-state index in [-0.39, 0.29) is 23.4 Å². The molecule has 2 rings (SSSR count). The van der Waals surface area contributed by atoms with E-state index < -0.39 is 6.04 Å². The number of nitrogens with one attached hydrogen (secondary N) is 1. The van der Waals surface area contributed by atoms with Gasteiger partial charge in [-0.1, -0.05) is 56.6 Å². The minimum Gasteiger partial charge on any atom is -0.354 e. The van der Waals surface area contributed by atoms with E-state index in [4.69, 9.17) is 11.6 Å². The van der Waals surface area contributed by atoms with Gasteiger partial charge in [0, 0.05) is 23.9 Å². The normalized spacial score (nSPS) is 11.9. The summed E-state index contributed by atoms with van der Waals surface area (Å²) < 4.78 is 13.1. The van der Waals surface area contributed by atoms with Crippen molar-refractivity contribution in [3.05, 3.63) is 70.5 Å². The monoisotopic (exact) mass is 464 g/mol. The molecule has 0 saturated heterocycles. The van der Waals surface area contributed by atoms with Crippen molar-refractivity contribution in [2.45, 2.75) is 45.5 Å². The lowest BCUT2D eigenvalue weighted by molar-refractivity contribution is -0.139. The van der Waals surface area contributed by atoms with Crippen molar-refractivity contribution in [3.63, 3.8) is 0 Å². The molecular formula is C24H30ClFN2O2S. The van der Waals surface area contributed by atoms with Crippen molar-refractivity contribution in [3.8, 4) is 0 Å². The van der Waals surface area contributed by atoms with Gasteiger partial charge in [0.15, 0.2) is 0 Å². The maximum Gasteiger partial charge on any atom is 0.242 e. The number of amides is 2. The summed E-state index contributed by atoms with van der Waals surface area (Å²) >= 11 is 7.44. The van der Waals surface area contributed by atoms with Crippen LogP contribution in [-0.4, -0.2) is 35.1 Å². The lowest BCUT2D eigenvalue weighted by Gasteiger charge is -2.31. The molecule has 168 valence electrons. The van der Waals surface area contributed by atoms with E-state index in [1.807, 2.05) is 32.9 Å². The molecule has 2 amide bonds. The van der Waals surface area contributed by atoms with Crippen LogP contribution in [0.15, 0.2) is 48.5 Å². The number of hydrogen-bond acceptors (Lipinski definition) is 3. The van der Waals surface area contributed by atoms with Gasteiger partial charge < -0.3 is 10.2 Å². The number of benzene rings is 2. The second kappa shape index (κ2) is 12.7. The molecule has 7 heteroatoms. The summed E-state index contributed by atoms with van der Waals surface area (Å²) in [7, 11) is 0. The number of carbonyl (C=O) groups is 2. The number of halogens is 2. The van der Waals surface area contributed by atoms with Crippen LogP contribution in [0, 0.1) is 11.7 Å². The molecule has 0 aliphatic rings. The lowest BCUT2D eigenvalue weighted by Crippen LogP contribution is -2.50. The van der Waals surface area contributed by atoms with E-state index >= 15 is 0 Å². The molecule has 1 atom stereocenters. The van der Waals surface area contributed by atoms with Crippen LogP contribution in [0.1, 0.15) is 38.3 Å². The SMILES string of the molecule is CCC(C(=O)NCC(C)C)N(Cc1ccc(Cl)cc1)C(=O)CSCc1ccc(F)cc1. The molecule has 0 aliphatic carbocycles. The summed E-state index contributed by atoms with van der Waals surface area (Å²) in [6, 6.07) is 13.0. The molecule has 1 N–H and O–H groups in total. The maximum atomic E-state index is 13.1.